The van der Waals surface area contributed by atoms with E-state index in [0.717, 1.165) is 55.7 Å². The van der Waals surface area contributed by atoms with Crippen LogP contribution in [-0.4, -0.2) is 80.1 Å². The van der Waals surface area contributed by atoms with Crippen LogP contribution in [-0.2, 0) is 33.6 Å². The Hall–Kier alpha value is -3.88. The molecule has 0 heterocycles. The lowest BCUT2D eigenvalue weighted by Gasteiger charge is -2.12. The molecule has 0 atom stereocenters. The number of hydrogen-bond donors (Lipinski definition) is 8. The van der Waals surface area contributed by atoms with Crippen molar-refractivity contribution in [2.24, 2.45) is 0 Å². The Bertz CT molecular complexity index is 1570. The lowest BCUT2D eigenvalue weighted by molar-refractivity contribution is -0.119. The summed E-state index contributed by atoms with van der Waals surface area (Å²) in [6, 6.07) is 10.4. The molecule has 8 N–H and O–H groups in total. The first-order chi connectivity index (χ1) is 24.1. The molecule has 0 spiro atoms. The number of carbonyl (C=O) groups excluding carboxylic acids is 3. The van der Waals surface area contributed by atoms with Crippen LogP contribution in [0.5, 0.6) is 28.7 Å². The summed E-state index contributed by atoms with van der Waals surface area (Å²) in [4.78, 5) is 34.8. The fourth-order valence-electron chi connectivity index (χ4n) is 4.49. The number of carbonyl (C=O) groups is 3. The molecule has 0 bridgehead atoms. The van der Waals surface area contributed by atoms with E-state index in [1.54, 1.807) is 35.7 Å². The van der Waals surface area contributed by atoms with Gasteiger partial charge in [-0.15, -0.1) is 35.3 Å². The third-order valence-electron chi connectivity index (χ3n) is 6.90. The second-order valence-corrected chi connectivity index (χ2v) is 15.0. The SMILES string of the molecule is CCSc1c(CCNC(C)=O)ccc(C)c1O.CCSc1cc(CCNC(C)=O)cc(O)c1O.CCSc1cc(O)c(O)cc1CCNC(C)=O. The zero-order chi connectivity index (χ0) is 38.5. The van der Waals surface area contributed by atoms with E-state index in [1.807, 2.05) is 39.0 Å². The molecule has 3 amide bonds. The normalized spacial score (nSPS) is 10.3. The van der Waals surface area contributed by atoms with Gasteiger partial charge in [-0.2, -0.15) is 0 Å². The number of phenolic OH excluding ortho intramolecular Hbond substituents is 5. The first kappa shape index (κ1) is 45.1. The summed E-state index contributed by atoms with van der Waals surface area (Å²) in [5.41, 5.74) is 3.81. The van der Waals surface area contributed by atoms with Crippen molar-refractivity contribution in [3.8, 4) is 28.7 Å². The molecule has 0 aromatic heterocycles. The van der Waals surface area contributed by atoms with Crippen molar-refractivity contribution in [3.05, 3.63) is 58.7 Å². The molecule has 3 aromatic rings. The van der Waals surface area contributed by atoms with Crippen molar-refractivity contribution >= 4 is 53.0 Å². The number of phenols is 5. The highest BCUT2D eigenvalue weighted by Gasteiger charge is 2.12. The summed E-state index contributed by atoms with van der Waals surface area (Å²) in [5.74, 6) is 2.43. The number of benzene rings is 3. The van der Waals surface area contributed by atoms with Gasteiger partial charge in [0.15, 0.2) is 23.0 Å². The highest BCUT2D eigenvalue weighted by molar-refractivity contribution is 7.99. The zero-order valence-electron chi connectivity index (χ0n) is 30.5. The van der Waals surface area contributed by atoms with E-state index in [-0.39, 0.29) is 40.7 Å². The third kappa shape index (κ3) is 17.3. The Morgan fingerprint density at radius 1 is 0.569 bits per heavy atom. The van der Waals surface area contributed by atoms with Gasteiger partial charge in [0.25, 0.3) is 0 Å². The number of amides is 3. The average Bonchev–Trinajstić information content (AvgIpc) is 3.05. The van der Waals surface area contributed by atoms with Crippen molar-refractivity contribution in [3.63, 3.8) is 0 Å². The predicted octanol–water partition coefficient (Wildman–Crippen LogP) is 6.27. The van der Waals surface area contributed by atoms with Gasteiger partial charge in [-0.25, -0.2) is 0 Å². The van der Waals surface area contributed by atoms with Crippen LogP contribution in [0.25, 0.3) is 0 Å². The van der Waals surface area contributed by atoms with Gasteiger partial charge >= 0.3 is 0 Å². The summed E-state index contributed by atoms with van der Waals surface area (Å²) in [7, 11) is 0. The summed E-state index contributed by atoms with van der Waals surface area (Å²) in [6.45, 7) is 14.0. The molecule has 3 rings (SSSR count). The van der Waals surface area contributed by atoms with E-state index in [0.29, 0.717) is 43.1 Å². The van der Waals surface area contributed by atoms with E-state index < -0.39 is 0 Å². The molecule has 0 unspecified atom stereocenters. The molecule has 3 aromatic carbocycles. The smallest absolute Gasteiger partial charge is 0.216 e. The fourth-order valence-corrected chi connectivity index (χ4v) is 7.07. The standard InChI is InChI=1S/C13H19NO2S.2C12H17NO3S/c1-4-17-13-11(7-8-14-10(3)15)6-5-9(2)12(13)16;1-3-17-12-7-11(16)10(15)6-9(12)4-5-13-8(2)14;1-3-17-11-7-9(4-5-13-8(2)14)6-10(15)12(11)16/h5-6,16H,4,7-8H2,1-3H3,(H,14,15);2*6-7,15-16H,3-5H2,1-2H3,(H,13,14). The van der Waals surface area contributed by atoms with Gasteiger partial charge in [0.1, 0.15) is 5.75 Å². The topological polar surface area (TPSA) is 188 Å². The summed E-state index contributed by atoms with van der Waals surface area (Å²) >= 11 is 4.71. The first-order valence-corrected chi connectivity index (χ1v) is 19.6. The first-order valence-electron chi connectivity index (χ1n) is 16.7. The lowest BCUT2D eigenvalue weighted by Crippen LogP contribution is -2.22. The number of aromatic hydroxyl groups is 5. The minimum Gasteiger partial charge on any atom is -0.506 e. The van der Waals surface area contributed by atoms with Gasteiger partial charge in [0, 0.05) is 45.3 Å². The maximum atomic E-state index is 10.8. The Labute approximate surface area is 314 Å². The molecule has 51 heavy (non-hydrogen) atoms. The quantitative estimate of drug-likeness (QED) is 0.0644. The minimum atomic E-state index is -0.122. The molecule has 0 radical (unpaired) electrons. The molecule has 282 valence electrons. The molecule has 0 saturated carbocycles. The highest BCUT2D eigenvalue weighted by atomic mass is 32.2. The number of thioether (sulfide) groups is 3. The summed E-state index contributed by atoms with van der Waals surface area (Å²) < 4.78 is 0. The molecule has 0 saturated heterocycles. The molecule has 0 aliphatic rings. The molecule has 0 fully saturated rings. The largest absolute Gasteiger partial charge is 0.506 e. The van der Waals surface area contributed by atoms with Crippen LogP contribution < -0.4 is 16.0 Å². The van der Waals surface area contributed by atoms with Crippen LogP contribution in [0.4, 0.5) is 0 Å². The second-order valence-electron chi connectivity index (χ2n) is 11.1. The Morgan fingerprint density at radius 3 is 1.59 bits per heavy atom. The van der Waals surface area contributed by atoms with E-state index in [1.165, 1.54) is 38.6 Å². The van der Waals surface area contributed by atoms with Crippen LogP contribution in [0.2, 0.25) is 0 Å². The summed E-state index contributed by atoms with van der Waals surface area (Å²) in [6.07, 6.45) is 2.01. The van der Waals surface area contributed by atoms with E-state index in [2.05, 4.69) is 22.9 Å². The number of rotatable bonds is 15. The second kappa shape index (κ2) is 24.3. The number of hydrogen-bond acceptors (Lipinski definition) is 11. The molecular weight excluding hydrogens is 711 g/mol. The highest BCUT2D eigenvalue weighted by Crippen LogP contribution is 2.37. The summed E-state index contributed by atoms with van der Waals surface area (Å²) in [5, 5.41) is 56.3. The molecule has 11 nitrogen and oxygen atoms in total. The molecule has 0 aliphatic heterocycles. The van der Waals surface area contributed by atoms with Gasteiger partial charge in [-0.05, 0) is 90.0 Å². The molecular formula is C37H53N3O8S3. The van der Waals surface area contributed by atoms with Crippen LogP contribution in [0, 0.1) is 6.92 Å². The minimum absolute atomic E-state index is 0.0222. The monoisotopic (exact) mass is 763 g/mol. The van der Waals surface area contributed by atoms with E-state index in [9.17, 15) is 39.9 Å². The van der Waals surface area contributed by atoms with Crippen LogP contribution in [0.15, 0.2) is 51.1 Å². The lowest BCUT2D eigenvalue weighted by atomic mass is 10.1. The van der Waals surface area contributed by atoms with Gasteiger partial charge in [0.2, 0.25) is 17.7 Å². The van der Waals surface area contributed by atoms with Gasteiger partial charge in [-0.3, -0.25) is 14.4 Å². The Kier molecular flexibility index (Phi) is 21.5. The van der Waals surface area contributed by atoms with Crippen LogP contribution >= 0.6 is 35.3 Å². The Morgan fingerprint density at radius 2 is 1.06 bits per heavy atom. The van der Waals surface area contributed by atoms with Crippen molar-refractivity contribution in [2.45, 2.75) is 82.4 Å². The number of nitrogens with one attached hydrogen (secondary N) is 3. The van der Waals surface area contributed by atoms with Gasteiger partial charge < -0.3 is 41.5 Å². The maximum absolute atomic E-state index is 10.8. The van der Waals surface area contributed by atoms with Gasteiger partial charge in [0.05, 0.1) is 9.79 Å². The van der Waals surface area contributed by atoms with Crippen molar-refractivity contribution in [2.75, 3.05) is 36.9 Å². The van der Waals surface area contributed by atoms with E-state index in [4.69, 9.17) is 0 Å². The maximum Gasteiger partial charge on any atom is 0.216 e. The van der Waals surface area contributed by atoms with Crippen LogP contribution in [0.3, 0.4) is 0 Å². The molecule has 14 heteroatoms. The molecule has 0 aliphatic carbocycles. The van der Waals surface area contributed by atoms with Gasteiger partial charge in [-0.1, -0.05) is 32.9 Å². The predicted molar refractivity (Wildman–Crippen MR) is 209 cm³/mol. The average molecular weight is 764 g/mol. The van der Waals surface area contributed by atoms with Crippen molar-refractivity contribution < 1.29 is 39.9 Å². The van der Waals surface area contributed by atoms with Crippen LogP contribution in [0.1, 0.15) is 63.8 Å². The Balaban J connectivity index is 0.000000382. The third-order valence-corrected chi connectivity index (χ3v) is 9.82. The van der Waals surface area contributed by atoms with E-state index >= 15 is 0 Å². The fraction of sp³-hybridized carbons (Fsp3) is 0.432. The zero-order valence-corrected chi connectivity index (χ0v) is 33.0. The number of aryl methyl sites for hydroxylation is 1. The van der Waals surface area contributed by atoms with Crippen molar-refractivity contribution in [1.29, 1.82) is 0 Å². The van der Waals surface area contributed by atoms with Crippen molar-refractivity contribution in [1.82, 2.24) is 16.0 Å².